The van der Waals surface area contributed by atoms with Gasteiger partial charge >= 0.3 is 0 Å². The fourth-order valence-electron chi connectivity index (χ4n) is 2.77. The molecule has 3 rings (SSSR count). The summed E-state index contributed by atoms with van der Waals surface area (Å²) in [5.41, 5.74) is 1.33. The molecule has 7 nitrogen and oxygen atoms in total. The molecule has 0 radical (unpaired) electrons. The van der Waals surface area contributed by atoms with Gasteiger partial charge in [-0.3, -0.25) is 14.5 Å². The highest BCUT2D eigenvalue weighted by atomic mass is 32.2. The van der Waals surface area contributed by atoms with Crippen LogP contribution < -0.4 is 19.5 Å². The fraction of sp³-hybridized carbons (Fsp3) is 0.227. The minimum atomic E-state index is -0.329. The predicted octanol–water partition coefficient (Wildman–Crippen LogP) is 3.94. The Morgan fingerprint density at radius 3 is 2.61 bits per heavy atom. The number of amides is 2. The van der Waals surface area contributed by atoms with Crippen molar-refractivity contribution in [1.29, 1.82) is 0 Å². The zero-order valence-corrected chi connectivity index (χ0v) is 19.0. The Kier molecular flexibility index (Phi) is 7.54. The highest BCUT2D eigenvalue weighted by Gasteiger charge is 2.28. The number of anilines is 1. The molecule has 0 aliphatic carbocycles. The van der Waals surface area contributed by atoms with Crippen LogP contribution in [0.15, 0.2) is 47.4 Å². The lowest BCUT2D eigenvalue weighted by atomic mass is 10.2. The second-order valence-electron chi connectivity index (χ2n) is 6.42. The molecule has 1 N–H and O–H groups in total. The van der Waals surface area contributed by atoms with Crippen molar-refractivity contribution in [3.05, 3.63) is 52.9 Å². The van der Waals surface area contributed by atoms with Crippen molar-refractivity contribution in [2.45, 2.75) is 6.92 Å². The van der Waals surface area contributed by atoms with Gasteiger partial charge in [-0.25, -0.2) is 0 Å². The van der Waals surface area contributed by atoms with Crippen LogP contribution in [0.1, 0.15) is 12.5 Å². The van der Waals surface area contributed by atoms with Gasteiger partial charge in [-0.15, -0.1) is 0 Å². The molecular formula is C22H22N2O5S2. The molecule has 2 aromatic carbocycles. The average Bonchev–Trinajstić information content (AvgIpc) is 3.00. The van der Waals surface area contributed by atoms with Gasteiger partial charge in [0.2, 0.25) is 0 Å². The van der Waals surface area contributed by atoms with E-state index in [1.54, 1.807) is 43.5 Å². The average molecular weight is 459 g/mol. The molecule has 2 amide bonds. The van der Waals surface area contributed by atoms with E-state index in [1.165, 1.54) is 23.8 Å². The first kappa shape index (κ1) is 22.6. The number of methoxy groups -OCH3 is 1. The summed E-state index contributed by atoms with van der Waals surface area (Å²) in [4.78, 5) is 26.5. The molecule has 0 aromatic heterocycles. The maximum atomic E-state index is 12.3. The zero-order chi connectivity index (χ0) is 22.4. The van der Waals surface area contributed by atoms with E-state index in [1.807, 2.05) is 19.1 Å². The number of thioether (sulfide) groups is 1. The normalized spacial score (nSPS) is 14.7. The molecule has 1 aliphatic heterocycles. The number of rotatable bonds is 8. The second-order valence-corrected chi connectivity index (χ2v) is 8.09. The van der Waals surface area contributed by atoms with Crippen LogP contribution in [0.5, 0.6) is 17.2 Å². The highest BCUT2D eigenvalue weighted by molar-refractivity contribution is 8.26. The summed E-state index contributed by atoms with van der Waals surface area (Å²) < 4.78 is 17.1. The summed E-state index contributed by atoms with van der Waals surface area (Å²) in [6.45, 7) is 2.17. The van der Waals surface area contributed by atoms with Crippen molar-refractivity contribution in [3.63, 3.8) is 0 Å². The molecule has 9 heteroatoms. The number of hydrogen-bond acceptors (Lipinski definition) is 7. The number of carbonyl (C=O) groups excluding carboxylic acids is 2. The third-order valence-electron chi connectivity index (χ3n) is 4.29. The van der Waals surface area contributed by atoms with Gasteiger partial charge in [-0.05, 0) is 42.8 Å². The molecule has 31 heavy (non-hydrogen) atoms. The largest absolute Gasteiger partial charge is 0.493 e. The summed E-state index contributed by atoms with van der Waals surface area (Å²) in [5, 5.41) is 2.78. The number of nitrogens with zero attached hydrogens (tertiary/aromatic N) is 1. The second kappa shape index (κ2) is 10.3. The van der Waals surface area contributed by atoms with Crippen LogP contribution in [0.3, 0.4) is 0 Å². The number of nitrogens with one attached hydrogen (secondary N) is 1. The molecule has 162 valence electrons. The van der Waals surface area contributed by atoms with Crippen molar-refractivity contribution in [2.24, 2.45) is 0 Å². The third kappa shape index (κ3) is 5.56. The van der Waals surface area contributed by atoms with Crippen LogP contribution in [-0.4, -0.2) is 48.4 Å². The Labute approximate surface area is 190 Å². The molecule has 0 unspecified atom stereocenters. The van der Waals surface area contributed by atoms with Crippen LogP contribution in [0.25, 0.3) is 6.08 Å². The van der Waals surface area contributed by atoms with Crippen LogP contribution in [0.4, 0.5) is 5.69 Å². The van der Waals surface area contributed by atoms with Crippen LogP contribution >= 0.6 is 24.0 Å². The molecule has 0 bridgehead atoms. The number of thiocarbonyl (C=S) groups is 1. The fourth-order valence-corrected chi connectivity index (χ4v) is 3.95. The van der Waals surface area contributed by atoms with Gasteiger partial charge in [0.25, 0.3) is 11.8 Å². The third-order valence-corrected chi connectivity index (χ3v) is 5.78. The van der Waals surface area contributed by atoms with E-state index in [2.05, 4.69) is 5.32 Å². The molecule has 1 heterocycles. The Bertz CT molecular complexity index is 1040. The number of carbonyl (C=O) groups is 2. The van der Waals surface area contributed by atoms with Crippen molar-refractivity contribution in [2.75, 3.05) is 32.7 Å². The summed E-state index contributed by atoms with van der Waals surface area (Å²) in [6, 6.07) is 12.4. The predicted molar refractivity (Wildman–Crippen MR) is 126 cm³/mol. The van der Waals surface area contributed by atoms with E-state index in [-0.39, 0.29) is 18.4 Å². The van der Waals surface area contributed by atoms with E-state index in [0.29, 0.717) is 38.8 Å². The van der Waals surface area contributed by atoms with Crippen molar-refractivity contribution in [1.82, 2.24) is 4.90 Å². The van der Waals surface area contributed by atoms with Crippen LogP contribution in [0, 0.1) is 0 Å². The lowest BCUT2D eigenvalue weighted by Gasteiger charge is -2.13. The molecule has 1 aliphatic rings. The number of ether oxygens (including phenoxy) is 3. The Morgan fingerprint density at radius 1 is 1.16 bits per heavy atom. The number of benzene rings is 2. The van der Waals surface area contributed by atoms with E-state index < -0.39 is 0 Å². The first-order valence-electron chi connectivity index (χ1n) is 9.47. The smallest absolute Gasteiger partial charge is 0.265 e. The topological polar surface area (TPSA) is 77.1 Å². The van der Waals surface area contributed by atoms with Gasteiger partial charge in [0, 0.05) is 7.05 Å². The number of hydrogen-bond donors (Lipinski definition) is 1. The quantitative estimate of drug-likeness (QED) is 0.474. The van der Waals surface area contributed by atoms with E-state index in [9.17, 15) is 9.59 Å². The Hall–Kier alpha value is -3.04. The maximum absolute atomic E-state index is 12.3. The monoisotopic (exact) mass is 458 g/mol. The Balaban J connectivity index is 1.67. The van der Waals surface area contributed by atoms with Gasteiger partial charge in [-0.1, -0.05) is 42.2 Å². The van der Waals surface area contributed by atoms with Gasteiger partial charge in [0.15, 0.2) is 18.1 Å². The maximum Gasteiger partial charge on any atom is 0.265 e. The molecule has 1 fully saturated rings. The molecule has 2 aromatic rings. The zero-order valence-electron chi connectivity index (χ0n) is 17.3. The number of likely N-dealkylation sites (N-methyl/N-ethyl adjacent to an activating group) is 1. The van der Waals surface area contributed by atoms with Gasteiger partial charge in [0.1, 0.15) is 10.1 Å². The van der Waals surface area contributed by atoms with Gasteiger partial charge < -0.3 is 19.5 Å². The summed E-state index contributed by atoms with van der Waals surface area (Å²) in [6.07, 6.45) is 1.74. The van der Waals surface area contributed by atoms with Crippen molar-refractivity contribution >= 4 is 51.9 Å². The van der Waals surface area contributed by atoms with E-state index >= 15 is 0 Å². The summed E-state index contributed by atoms with van der Waals surface area (Å²) in [5.74, 6) is 0.986. The van der Waals surface area contributed by atoms with Gasteiger partial charge in [-0.2, -0.15) is 0 Å². The lowest BCUT2D eigenvalue weighted by molar-refractivity contribution is -0.121. The minimum absolute atomic E-state index is 0.140. The Morgan fingerprint density at radius 2 is 1.94 bits per heavy atom. The highest BCUT2D eigenvalue weighted by Crippen LogP contribution is 2.34. The first-order chi connectivity index (χ1) is 14.9. The van der Waals surface area contributed by atoms with Crippen LogP contribution in [-0.2, 0) is 9.59 Å². The van der Waals surface area contributed by atoms with Gasteiger partial charge in [0.05, 0.1) is 24.3 Å². The standard InChI is InChI=1S/C22H22N2O5S2/c1-4-28-16-8-6-5-7-15(16)23-20(25)13-29-17-10-9-14(11-18(17)27-3)12-19-21(26)24(2)22(30)31-19/h5-12H,4,13H2,1-3H3,(H,23,25). The van der Waals surface area contributed by atoms with Crippen molar-refractivity contribution < 1.29 is 23.8 Å². The molecule has 0 spiro atoms. The molecular weight excluding hydrogens is 436 g/mol. The molecule has 1 saturated heterocycles. The van der Waals surface area contributed by atoms with Crippen molar-refractivity contribution in [3.8, 4) is 17.2 Å². The molecule has 0 saturated carbocycles. The number of para-hydroxylation sites is 2. The van der Waals surface area contributed by atoms with E-state index in [0.717, 1.165) is 5.56 Å². The lowest BCUT2D eigenvalue weighted by Crippen LogP contribution is -2.22. The SMILES string of the molecule is CCOc1ccccc1NC(=O)COc1ccc(C=C2SC(=S)N(C)C2=O)cc1OC. The summed E-state index contributed by atoms with van der Waals surface area (Å²) >= 11 is 6.39. The van der Waals surface area contributed by atoms with Crippen LogP contribution in [0.2, 0.25) is 0 Å². The first-order valence-corrected chi connectivity index (χ1v) is 10.7. The summed E-state index contributed by atoms with van der Waals surface area (Å²) in [7, 11) is 3.16. The van der Waals surface area contributed by atoms with E-state index in [4.69, 9.17) is 26.4 Å². The molecule has 0 atom stereocenters. The minimum Gasteiger partial charge on any atom is -0.493 e.